The van der Waals surface area contributed by atoms with Gasteiger partial charge in [0.15, 0.2) is 0 Å². The third-order valence-electron chi connectivity index (χ3n) is 3.39. The van der Waals surface area contributed by atoms with Crippen molar-refractivity contribution in [3.63, 3.8) is 0 Å². The first-order valence-corrected chi connectivity index (χ1v) is 7.21. The molecule has 1 aromatic heterocycles. The van der Waals surface area contributed by atoms with Gasteiger partial charge < -0.3 is 14.6 Å². The molecule has 0 atom stereocenters. The second kappa shape index (κ2) is 6.95. The molecule has 3 nitrogen and oxygen atoms in total. The van der Waals surface area contributed by atoms with Gasteiger partial charge in [-0.25, -0.2) is 0 Å². The number of rotatable bonds is 9. The summed E-state index contributed by atoms with van der Waals surface area (Å²) in [5.41, 5.74) is 1.37. The van der Waals surface area contributed by atoms with Gasteiger partial charge in [0.1, 0.15) is 0 Å². The predicted molar refractivity (Wildman–Crippen MR) is 74.6 cm³/mol. The Labute approximate surface area is 111 Å². The molecule has 0 aliphatic heterocycles. The van der Waals surface area contributed by atoms with Gasteiger partial charge in [0, 0.05) is 37.6 Å². The molecule has 1 aromatic rings. The molecule has 0 radical (unpaired) electrons. The van der Waals surface area contributed by atoms with E-state index in [1.165, 1.54) is 18.5 Å². The standard InChI is InChI=1S/C15H26N2O/c1-13(2)7-10-18-11-9-17-8-3-4-15(17)12-16-14-5-6-14/h3-4,8,13-14,16H,5-7,9-12H2,1-2H3. The van der Waals surface area contributed by atoms with Gasteiger partial charge in [-0.15, -0.1) is 0 Å². The topological polar surface area (TPSA) is 26.2 Å². The molecule has 1 N–H and O–H groups in total. The zero-order valence-corrected chi connectivity index (χ0v) is 11.7. The Morgan fingerprint density at radius 3 is 2.94 bits per heavy atom. The highest BCUT2D eigenvalue weighted by Crippen LogP contribution is 2.19. The predicted octanol–water partition coefficient (Wildman–Crippen LogP) is 2.80. The summed E-state index contributed by atoms with van der Waals surface area (Å²) in [6, 6.07) is 5.09. The maximum absolute atomic E-state index is 5.67. The van der Waals surface area contributed by atoms with Gasteiger partial charge >= 0.3 is 0 Å². The van der Waals surface area contributed by atoms with Gasteiger partial charge in [-0.05, 0) is 37.3 Å². The van der Waals surface area contributed by atoms with E-state index in [2.05, 4.69) is 42.1 Å². The van der Waals surface area contributed by atoms with E-state index in [1.54, 1.807) is 0 Å². The summed E-state index contributed by atoms with van der Waals surface area (Å²) < 4.78 is 7.97. The van der Waals surface area contributed by atoms with E-state index in [0.29, 0.717) is 0 Å². The molecule has 1 saturated carbocycles. The Kier molecular flexibility index (Phi) is 5.26. The summed E-state index contributed by atoms with van der Waals surface area (Å²) in [7, 11) is 0. The summed E-state index contributed by atoms with van der Waals surface area (Å²) in [6.45, 7) is 8.12. The van der Waals surface area contributed by atoms with Crippen molar-refractivity contribution in [1.29, 1.82) is 0 Å². The minimum absolute atomic E-state index is 0.731. The molecule has 102 valence electrons. The molecular weight excluding hydrogens is 224 g/mol. The zero-order valence-electron chi connectivity index (χ0n) is 11.7. The lowest BCUT2D eigenvalue weighted by molar-refractivity contribution is 0.116. The van der Waals surface area contributed by atoms with Crippen LogP contribution in [0.4, 0.5) is 0 Å². The Hall–Kier alpha value is -0.800. The molecule has 1 aliphatic carbocycles. The highest BCUT2D eigenvalue weighted by Gasteiger charge is 2.20. The van der Waals surface area contributed by atoms with E-state index < -0.39 is 0 Å². The van der Waals surface area contributed by atoms with Crippen LogP contribution in [-0.4, -0.2) is 23.8 Å². The Bertz CT molecular complexity index is 342. The van der Waals surface area contributed by atoms with Crippen LogP contribution >= 0.6 is 0 Å². The highest BCUT2D eigenvalue weighted by molar-refractivity contribution is 5.07. The lowest BCUT2D eigenvalue weighted by Crippen LogP contribution is -2.19. The van der Waals surface area contributed by atoms with Crippen LogP contribution in [0.5, 0.6) is 0 Å². The molecule has 3 heteroatoms. The maximum Gasteiger partial charge on any atom is 0.0645 e. The van der Waals surface area contributed by atoms with Gasteiger partial charge in [0.2, 0.25) is 0 Å². The minimum atomic E-state index is 0.731. The number of hydrogen-bond acceptors (Lipinski definition) is 2. The minimum Gasteiger partial charge on any atom is -0.380 e. The molecule has 0 bridgehead atoms. The number of ether oxygens (including phenoxy) is 1. The third kappa shape index (κ3) is 4.83. The number of aromatic nitrogens is 1. The molecule has 1 aliphatic rings. The fraction of sp³-hybridized carbons (Fsp3) is 0.733. The fourth-order valence-corrected chi connectivity index (χ4v) is 1.95. The Morgan fingerprint density at radius 1 is 1.39 bits per heavy atom. The summed E-state index contributed by atoms with van der Waals surface area (Å²) in [6.07, 6.45) is 6.00. The average Bonchev–Trinajstić information content (AvgIpc) is 3.06. The van der Waals surface area contributed by atoms with Crippen LogP contribution in [-0.2, 0) is 17.8 Å². The molecule has 1 heterocycles. The van der Waals surface area contributed by atoms with Gasteiger partial charge in [0.25, 0.3) is 0 Å². The van der Waals surface area contributed by atoms with E-state index >= 15 is 0 Å². The third-order valence-corrected chi connectivity index (χ3v) is 3.39. The summed E-state index contributed by atoms with van der Waals surface area (Å²) in [5.74, 6) is 0.731. The summed E-state index contributed by atoms with van der Waals surface area (Å²) >= 11 is 0. The van der Waals surface area contributed by atoms with Crippen molar-refractivity contribution in [1.82, 2.24) is 9.88 Å². The van der Waals surface area contributed by atoms with Crippen molar-refractivity contribution >= 4 is 0 Å². The van der Waals surface area contributed by atoms with Crippen LogP contribution < -0.4 is 5.32 Å². The van der Waals surface area contributed by atoms with E-state index in [9.17, 15) is 0 Å². The lowest BCUT2D eigenvalue weighted by Gasteiger charge is -2.11. The van der Waals surface area contributed by atoms with Crippen LogP contribution in [0, 0.1) is 5.92 Å². The van der Waals surface area contributed by atoms with Gasteiger partial charge in [0.05, 0.1) is 6.61 Å². The molecule has 0 unspecified atom stereocenters. The van der Waals surface area contributed by atoms with Crippen molar-refractivity contribution in [2.24, 2.45) is 5.92 Å². The highest BCUT2D eigenvalue weighted by atomic mass is 16.5. The molecule has 2 rings (SSSR count). The van der Waals surface area contributed by atoms with Crippen molar-refractivity contribution in [3.8, 4) is 0 Å². The van der Waals surface area contributed by atoms with E-state index in [1.807, 2.05) is 0 Å². The monoisotopic (exact) mass is 250 g/mol. The van der Waals surface area contributed by atoms with Crippen LogP contribution in [0.2, 0.25) is 0 Å². The first-order chi connectivity index (χ1) is 8.75. The van der Waals surface area contributed by atoms with Crippen LogP contribution in [0.25, 0.3) is 0 Å². The quantitative estimate of drug-likeness (QED) is 0.682. The van der Waals surface area contributed by atoms with Crippen molar-refractivity contribution in [3.05, 3.63) is 24.0 Å². The second-order valence-electron chi connectivity index (χ2n) is 5.64. The molecular formula is C15H26N2O. The molecule has 0 saturated heterocycles. The first-order valence-electron chi connectivity index (χ1n) is 7.21. The average molecular weight is 250 g/mol. The van der Waals surface area contributed by atoms with Crippen LogP contribution in [0.3, 0.4) is 0 Å². The van der Waals surface area contributed by atoms with Gasteiger partial charge in [-0.2, -0.15) is 0 Å². The largest absolute Gasteiger partial charge is 0.380 e. The summed E-state index contributed by atoms with van der Waals surface area (Å²) in [5, 5.41) is 3.55. The molecule has 0 aromatic carbocycles. The van der Waals surface area contributed by atoms with E-state index in [0.717, 1.165) is 44.7 Å². The second-order valence-corrected chi connectivity index (χ2v) is 5.64. The summed E-state index contributed by atoms with van der Waals surface area (Å²) in [4.78, 5) is 0. The zero-order chi connectivity index (χ0) is 12.8. The Morgan fingerprint density at radius 2 is 2.22 bits per heavy atom. The molecule has 18 heavy (non-hydrogen) atoms. The Balaban J connectivity index is 1.63. The fourth-order valence-electron chi connectivity index (χ4n) is 1.95. The molecule has 1 fully saturated rings. The number of nitrogens with zero attached hydrogens (tertiary/aromatic N) is 1. The number of hydrogen-bond donors (Lipinski definition) is 1. The van der Waals surface area contributed by atoms with Crippen LogP contribution in [0.15, 0.2) is 18.3 Å². The number of nitrogens with one attached hydrogen (secondary N) is 1. The normalized spacial score (nSPS) is 15.5. The maximum atomic E-state index is 5.67. The van der Waals surface area contributed by atoms with Crippen LogP contribution in [0.1, 0.15) is 38.8 Å². The molecule has 0 spiro atoms. The van der Waals surface area contributed by atoms with Crippen molar-refractivity contribution in [2.75, 3.05) is 13.2 Å². The molecule has 0 amide bonds. The lowest BCUT2D eigenvalue weighted by atomic mass is 10.1. The van der Waals surface area contributed by atoms with Gasteiger partial charge in [-0.3, -0.25) is 0 Å². The van der Waals surface area contributed by atoms with Crippen molar-refractivity contribution in [2.45, 2.75) is 52.2 Å². The smallest absolute Gasteiger partial charge is 0.0645 e. The van der Waals surface area contributed by atoms with E-state index in [-0.39, 0.29) is 0 Å². The first kappa shape index (κ1) is 13.6. The van der Waals surface area contributed by atoms with Crippen molar-refractivity contribution < 1.29 is 4.74 Å². The SMILES string of the molecule is CC(C)CCOCCn1cccc1CNC1CC1. The van der Waals surface area contributed by atoms with Gasteiger partial charge in [-0.1, -0.05) is 13.8 Å². The van der Waals surface area contributed by atoms with E-state index in [4.69, 9.17) is 4.74 Å².